The SMILES string of the molecule is Cc1[nH]c2ccccc2c1CC(=O)NC1CCc2nnc(-c3cccnc3)n2CC1. The summed E-state index contributed by atoms with van der Waals surface area (Å²) in [4.78, 5) is 20.4. The van der Waals surface area contributed by atoms with E-state index in [0.717, 1.165) is 65.2 Å². The smallest absolute Gasteiger partial charge is 0.224 e. The Morgan fingerprint density at radius 1 is 1.20 bits per heavy atom. The molecule has 1 aliphatic heterocycles. The van der Waals surface area contributed by atoms with Crippen molar-refractivity contribution < 1.29 is 4.79 Å². The molecule has 7 heteroatoms. The molecule has 1 aliphatic rings. The van der Waals surface area contributed by atoms with E-state index in [4.69, 9.17) is 0 Å². The Kier molecular flexibility index (Phi) is 4.78. The van der Waals surface area contributed by atoms with E-state index in [1.165, 1.54) is 0 Å². The van der Waals surface area contributed by atoms with Crippen molar-refractivity contribution in [3.05, 3.63) is 65.9 Å². The number of rotatable bonds is 4. The number of hydrogen-bond donors (Lipinski definition) is 2. The lowest BCUT2D eigenvalue weighted by atomic mass is 10.1. The Labute approximate surface area is 174 Å². The van der Waals surface area contributed by atoms with Crippen molar-refractivity contribution in [3.8, 4) is 11.4 Å². The number of aryl methyl sites for hydroxylation is 2. The van der Waals surface area contributed by atoms with Crippen LogP contribution in [0.5, 0.6) is 0 Å². The number of aromatic nitrogens is 5. The molecule has 1 unspecified atom stereocenters. The van der Waals surface area contributed by atoms with E-state index in [2.05, 4.69) is 36.1 Å². The van der Waals surface area contributed by atoms with Gasteiger partial charge in [0.15, 0.2) is 5.82 Å². The fourth-order valence-electron chi connectivity index (χ4n) is 4.34. The number of nitrogens with one attached hydrogen (secondary N) is 2. The van der Waals surface area contributed by atoms with Gasteiger partial charge in [-0.15, -0.1) is 10.2 Å². The van der Waals surface area contributed by atoms with E-state index >= 15 is 0 Å². The summed E-state index contributed by atoms with van der Waals surface area (Å²) in [6.45, 7) is 2.81. The van der Waals surface area contributed by atoms with Gasteiger partial charge in [0.05, 0.1) is 6.42 Å². The van der Waals surface area contributed by atoms with Crippen molar-refractivity contribution >= 4 is 16.8 Å². The molecule has 3 aromatic heterocycles. The second-order valence-electron chi connectivity index (χ2n) is 7.88. The fraction of sp³-hybridized carbons (Fsp3) is 0.304. The van der Waals surface area contributed by atoms with Gasteiger partial charge < -0.3 is 14.9 Å². The van der Waals surface area contributed by atoms with E-state index < -0.39 is 0 Å². The molecule has 0 bridgehead atoms. The number of aromatic amines is 1. The van der Waals surface area contributed by atoms with E-state index in [0.29, 0.717) is 6.42 Å². The number of pyridine rings is 1. The van der Waals surface area contributed by atoms with Crippen LogP contribution in [0.15, 0.2) is 48.8 Å². The molecular formula is C23H24N6O. The van der Waals surface area contributed by atoms with Gasteiger partial charge in [-0.1, -0.05) is 18.2 Å². The summed E-state index contributed by atoms with van der Waals surface area (Å²) >= 11 is 0. The Morgan fingerprint density at radius 3 is 2.97 bits per heavy atom. The molecule has 30 heavy (non-hydrogen) atoms. The molecule has 0 saturated carbocycles. The highest BCUT2D eigenvalue weighted by Gasteiger charge is 2.23. The van der Waals surface area contributed by atoms with Crippen LogP contribution >= 0.6 is 0 Å². The molecule has 4 aromatic rings. The molecule has 4 heterocycles. The molecule has 2 N–H and O–H groups in total. The first-order valence-corrected chi connectivity index (χ1v) is 10.4. The standard InChI is InChI=1S/C23H24N6O/c1-15-19(18-6-2-3-7-20(18)25-15)13-22(30)26-17-8-9-21-27-28-23(29(21)12-10-17)16-5-4-11-24-14-16/h2-7,11,14,17,25H,8-10,12-13H2,1H3,(H,26,30). The van der Waals surface area contributed by atoms with Crippen LogP contribution in [0.4, 0.5) is 0 Å². The van der Waals surface area contributed by atoms with Crippen LogP contribution in [-0.2, 0) is 24.2 Å². The number of benzene rings is 1. The lowest BCUT2D eigenvalue weighted by Gasteiger charge is -2.16. The van der Waals surface area contributed by atoms with Crippen LogP contribution in [-0.4, -0.2) is 36.7 Å². The van der Waals surface area contributed by atoms with E-state index in [-0.39, 0.29) is 11.9 Å². The van der Waals surface area contributed by atoms with Crippen molar-refractivity contribution in [2.24, 2.45) is 0 Å². The number of hydrogen-bond acceptors (Lipinski definition) is 4. The van der Waals surface area contributed by atoms with Crippen molar-refractivity contribution in [2.75, 3.05) is 0 Å². The number of H-pyrrole nitrogens is 1. The van der Waals surface area contributed by atoms with E-state index in [1.807, 2.05) is 43.5 Å². The van der Waals surface area contributed by atoms with Crippen molar-refractivity contribution in [1.82, 2.24) is 30.0 Å². The first kappa shape index (κ1) is 18.5. The summed E-state index contributed by atoms with van der Waals surface area (Å²) in [7, 11) is 0. The molecular weight excluding hydrogens is 376 g/mol. The highest BCUT2D eigenvalue weighted by atomic mass is 16.1. The molecule has 0 saturated heterocycles. The molecule has 7 nitrogen and oxygen atoms in total. The first-order chi connectivity index (χ1) is 14.7. The second kappa shape index (κ2) is 7.74. The Balaban J connectivity index is 1.27. The van der Waals surface area contributed by atoms with Gasteiger partial charge in [-0.3, -0.25) is 9.78 Å². The quantitative estimate of drug-likeness (QED) is 0.551. The van der Waals surface area contributed by atoms with Gasteiger partial charge in [0, 0.05) is 53.6 Å². The number of nitrogens with zero attached hydrogens (tertiary/aromatic N) is 4. The third-order valence-corrected chi connectivity index (χ3v) is 5.89. The van der Waals surface area contributed by atoms with Crippen molar-refractivity contribution in [2.45, 2.75) is 45.2 Å². The molecule has 0 spiro atoms. The minimum atomic E-state index is 0.0676. The van der Waals surface area contributed by atoms with Crippen LogP contribution in [0, 0.1) is 6.92 Å². The Morgan fingerprint density at radius 2 is 2.10 bits per heavy atom. The van der Waals surface area contributed by atoms with Crippen LogP contribution < -0.4 is 5.32 Å². The summed E-state index contributed by atoms with van der Waals surface area (Å²) in [5, 5.41) is 13.1. The van der Waals surface area contributed by atoms with Crippen LogP contribution in [0.1, 0.15) is 29.9 Å². The third-order valence-electron chi connectivity index (χ3n) is 5.89. The zero-order valence-corrected chi connectivity index (χ0v) is 16.9. The van der Waals surface area contributed by atoms with Gasteiger partial charge in [0.1, 0.15) is 5.82 Å². The summed E-state index contributed by atoms with van der Waals surface area (Å²) in [5.74, 6) is 1.88. The predicted octanol–water partition coefficient (Wildman–Crippen LogP) is 3.19. The highest BCUT2D eigenvalue weighted by molar-refractivity contribution is 5.90. The van der Waals surface area contributed by atoms with Crippen LogP contribution in [0.2, 0.25) is 0 Å². The molecule has 0 fully saturated rings. The van der Waals surface area contributed by atoms with Crippen molar-refractivity contribution in [3.63, 3.8) is 0 Å². The lowest BCUT2D eigenvalue weighted by molar-refractivity contribution is -0.121. The first-order valence-electron chi connectivity index (χ1n) is 10.4. The molecule has 0 radical (unpaired) electrons. The fourth-order valence-corrected chi connectivity index (χ4v) is 4.34. The summed E-state index contributed by atoms with van der Waals surface area (Å²) in [5.41, 5.74) is 4.17. The average Bonchev–Trinajstić information content (AvgIpc) is 3.24. The molecule has 152 valence electrons. The molecule has 1 aromatic carbocycles. The van der Waals surface area contributed by atoms with Gasteiger partial charge in [-0.25, -0.2) is 0 Å². The average molecular weight is 400 g/mol. The normalized spacial score (nSPS) is 16.2. The maximum Gasteiger partial charge on any atom is 0.224 e. The maximum absolute atomic E-state index is 12.8. The third kappa shape index (κ3) is 3.47. The van der Waals surface area contributed by atoms with Crippen LogP contribution in [0.3, 0.4) is 0 Å². The van der Waals surface area contributed by atoms with Crippen LogP contribution in [0.25, 0.3) is 22.3 Å². The predicted molar refractivity (Wildman–Crippen MR) is 115 cm³/mol. The Bertz CT molecular complexity index is 1190. The minimum absolute atomic E-state index is 0.0676. The monoisotopic (exact) mass is 400 g/mol. The molecule has 1 atom stereocenters. The summed E-state index contributed by atoms with van der Waals surface area (Å²) < 4.78 is 2.16. The summed E-state index contributed by atoms with van der Waals surface area (Å²) in [6, 6.07) is 12.2. The zero-order chi connectivity index (χ0) is 20.5. The summed E-state index contributed by atoms with van der Waals surface area (Å²) in [6.07, 6.45) is 6.47. The number of carbonyl (C=O) groups excluding carboxylic acids is 1. The Hall–Kier alpha value is -3.48. The van der Waals surface area contributed by atoms with E-state index in [9.17, 15) is 4.79 Å². The van der Waals surface area contributed by atoms with Gasteiger partial charge >= 0.3 is 0 Å². The molecule has 0 aliphatic carbocycles. The number of para-hydroxylation sites is 1. The van der Waals surface area contributed by atoms with Gasteiger partial charge in [-0.2, -0.15) is 0 Å². The molecule has 5 rings (SSSR count). The van der Waals surface area contributed by atoms with Gasteiger partial charge in [-0.05, 0) is 43.5 Å². The van der Waals surface area contributed by atoms with Gasteiger partial charge in [0.2, 0.25) is 5.91 Å². The highest BCUT2D eigenvalue weighted by Crippen LogP contribution is 2.24. The van der Waals surface area contributed by atoms with Crippen molar-refractivity contribution in [1.29, 1.82) is 0 Å². The minimum Gasteiger partial charge on any atom is -0.358 e. The topological polar surface area (TPSA) is 88.5 Å². The number of carbonyl (C=O) groups is 1. The second-order valence-corrected chi connectivity index (χ2v) is 7.88. The maximum atomic E-state index is 12.8. The number of fused-ring (bicyclic) bond motifs is 2. The largest absolute Gasteiger partial charge is 0.358 e. The zero-order valence-electron chi connectivity index (χ0n) is 16.9. The lowest BCUT2D eigenvalue weighted by Crippen LogP contribution is -2.36. The molecule has 1 amide bonds. The van der Waals surface area contributed by atoms with Gasteiger partial charge in [0.25, 0.3) is 0 Å². The van der Waals surface area contributed by atoms with E-state index in [1.54, 1.807) is 6.20 Å². The number of amides is 1.